The summed E-state index contributed by atoms with van der Waals surface area (Å²) in [4.78, 5) is 26.5. The van der Waals surface area contributed by atoms with E-state index in [1.807, 2.05) is 0 Å². The summed E-state index contributed by atoms with van der Waals surface area (Å²) in [5, 5.41) is 18.2. The van der Waals surface area contributed by atoms with Gasteiger partial charge in [-0.1, -0.05) is 11.3 Å². The highest BCUT2D eigenvalue weighted by Crippen LogP contribution is 2.32. The second kappa shape index (κ2) is 6.85. The summed E-state index contributed by atoms with van der Waals surface area (Å²) in [6.45, 7) is 1.97. The van der Waals surface area contributed by atoms with Gasteiger partial charge >= 0.3 is 12.0 Å². The molecule has 0 aliphatic rings. The van der Waals surface area contributed by atoms with Gasteiger partial charge in [-0.15, -0.1) is 0 Å². The molecule has 130 valence electrons. The number of nitrogens with zero attached hydrogens (tertiary/aromatic N) is 3. The van der Waals surface area contributed by atoms with Crippen LogP contribution in [-0.2, 0) is 11.3 Å². The van der Waals surface area contributed by atoms with Crippen LogP contribution in [0.1, 0.15) is 6.92 Å². The number of carbonyl (C=O) groups excluding carboxylic acids is 1. The average molecular weight is 363 g/mol. The van der Waals surface area contributed by atoms with Crippen LogP contribution in [0, 0.1) is 5.82 Å². The van der Waals surface area contributed by atoms with E-state index in [1.54, 1.807) is 13.0 Å². The number of carboxylic acid groups (broad SMARTS) is 1. The number of thiazole rings is 1. The van der Waals surface area contributed by atoms with Crippen molar-refractivity contribution in [1.82, 2.24) is 20.1 Å². The number of halogens is 1. The molecule has 0 aliphatic heterocycles. The minimum absolute atomic E-state index is 0.263. The summed E-state index contributed by atoms with van der Waals surface area (Å²) in [5.41, 5.74) is 1.24. The van der Waals surface area contributed by atoms with Gasteiger partial charge in [0.05, 0.1) is 16.4 Å². The Morgan fingerprint density at radius 3 is 2.92 bits per heavy atom. The zero-order valence-electron chi connectivity index (χ0n) is 13.1. The van der Waals surface area contributed by atoms with Crippen molar-refractivity contribution in [1.29, 1.82) is 0 Å². The highest BCUT2D eigenvalue weighted by atomic mass is 32.1. The Balaban J connectivity index is 1.91. The lowest BCUT2D eigenvalue weighted by molar-refractivity contribution is -0.137. The van der Waals surface area contributed by atoms with E-state index in [1.165, 1.54) is 23.1 Å². The van der Waals surface area contributed by atoms with Crippen LogP contribution in [0.15, 0.2) is 24.5 Å². The topological polar surface area (TPSA) is 109 Å². The number of benzene rings is 1. The van der Waals surface area contributed by atoms with E-state index in [2.05, 4.69) is 20.7 Å². The maximum absolute atomic E-state index is 14.4. The molecular formula is C15H14FN5O3S. The average Bonchev–Trinajstić information content (AvgIpc) is 3.12. The second-order valence-electron chi connectivity index (χ2n) is 5.12. The predicted octanol–water partition coefficient (Wildman–Crippen LogP) is 2.52. The molecule has 2 heterocycles. The number of rotatable bonds is 5. The molecule has 0 bridgehead atoms. The number of hydrogen-bond donors (Lipinski definition) is 3. The van der Waals surface area contributed by atoms with Gasteiger partial charge in [0.15, 0.2) is 5.13 Å². The molecule has 0 unspecified atom stereocenters. The fourth-order valence-electron chi connectivity index (χ4n) is 2.25. The number of aromatic nitrogens is 3. The minimum Gasteiger partial charge on any atom is -0.480 e. The lowest BCUT2D eigenvalue weighted by Gasteiger charge is -2.00. The lowest BCUT2D eigenvalue weighted by atomic mass is 10.1. The first-order valence-electron chi connectivity index (χ1n) is 7.36. The van der Waals surface area contributed by atoms with Crippen LogP contribution < -0.4 is 10.6 Å². The minimum atomic E-state index is -1.04. The second-order valence-corrected chi connectivity index (χ2v) is 6.15. The van der Waals surface area contributed by atoms with Crippen LogP contribution >= 0.6 is 11.3 Å². The molecule has 3 rings (SSSR count). The van der Waals surface area contributed by atoms with Crippen molar-refractivity contribution < 1.29 is 19.1 Å². The Morgan fingerprint density at radius 1 is 1.40 bits per heavy atom. The van der Waals surface area contributed by atoms with E-state index in [-0.39, 0.29) is 18.1 Å². The first kappa shape index (κ1) is 16.8. The molecule has 25 heavy (non-hydrogen) atoms. The molecule has 0 saturated heterocycles. The molecule has 2 amide bonds. The van der Waals surface area contributed by atoms with Gasteiger partial charge in [0.1, 0.15) is 12.4 Å². The van der Waals surface area contributed by atoms with Crippen molar-refractivity contribution in [2.24, 2.45) is 0 Å². The lowest BCUT2D eigenvalue weighted by Crippen LogP contribution is -2.28. The summed E-state index contributed by atoms with van der Waals surface area (Å²) < 4.78 is 16.2. The first-order valence-corrected chi connectivity index (χ1v) is 8.17. The van der Waals surface area contributed by atoms with E-state index in [0.29, 0.717) is 27.5 Å². The highest BCUT2D eigenvalue weighted by Gasteiger charge is 2.14. The fourth-order valence-corrected chi connectivity index (χ4v) is 3.12. The summed E-state index contributed by atoms with van der Waals surface area (Å²) in [5.74, 6) is -1.51. The van der Waals surface area contributed by atoms with Gasteiger partial charge in [-0.05, 0) is 19.1 Å². The highest BCUT2D eigenvalue weighted by molar-refractivity contribution is 7.22. The Bertz CT molecular complexity index is 952. The van der Waals surface area contributed by atoms with Gasteiger partial charge in [-0.2, -0.15) is 5.10 Å². The fraction of sp³-hybridized carbons (Fsp3) is 0.200. The van der Waals surface area contributed by atoms with E-state index < -0.39 is 11.8 Å². The van der Waals surface area contributed by atoms with Gasteiger partial charge in [0.2, 0.25) is 0 Å². The number of anilines is 1. The number of aliphatic carboxylic acids is 1. The molecule has 0 aliphatic carbocycles. The molecule has 0 radical (unpaired) electrons. The Labute approximate surface area is 145 Å². The van der Waals surface area contributed by atoms with Crippen molar-refractivity contribution in [3.63, 3.8) is 0 Å². The molecule has 0 atom stereocenters. The quantitative estimate of drug-likeness (QED) is 0.645. The Morgan fingerprint density at radius 2 is 2.20 bits per heavy atom. The monoisotopic (exact) mass is 363 g/mol. The molecule has 0 spiro atoms. The summed E-state index contributed by atoms with van der Waals surface area (Å²) in [6, 6.07) is 2.50. The molecule has 10 heteroatoms. The van der Waals surface area contributed by atoms with Gasteiger partial charge in [0.25, 0.3) is 0 Å². The van der Waals surface area contributed by atoms with Crippen LogP contribution in [0.3, 0.4) is 0 Å². The molecule has 0 saturated carbocycles. The van der Waals surface area contributed by atoms with E-state index >= 15 is 0 Å². The van der Waals surface area contributed by atoms with Crippen LogP contribution in [-0.4, -0.2) is 38.4 Å². The van der Waals surface area contributed by atoms with Crippen molar-refractivity contribution in [3.8, 4) is 11.1 Å². The van der Waals surface area contributed by atoms with Crippen LogP contribution in [0.2, 0.25) is 0 Å². The number of amides is 2. The van der Waals surface area contributed by atoms with Crippen LogP contribution in [0.4, 0.5) is 14.3 Å². The number of nitrogens with one attached hydrogen (secondary N) is 2. The van der Waals surface area contributed by atoms with Crippen molar-refractivity contribution in [3.05, 3.63) is 30.3 Å². The number of fused-ring (bicyclic) bond motifs is 1. The van der Waals surface area contributed by atoms with Gasteiger partial charge in [0, 0.05) is 23.9 Å². The zero-order valence-corrected chi connectivity index (χ0v) is 13.9. The maximum Gasteiger partial charge on any atom is 0.325 e. The van der Waals surface area contributed by atoms with E-state index in [9.17, 15) is 14.0 Å². The van der Waals surface area contributed by atoms with Crippen LogP contribution in [0.5, 0.6) is 0 Å². The van der Waals surface area contributed by atoms with Gasteiger partial charge in [-0.25, -0.2) is 14.2 Å². The molecule has 0 fully saturated rings. The first-order chi connectivity index (χ1) is 12.0. The third-order valence-electron chi connectivity index (χ3n) is 3.28. The Kier molecular flexibility index (Phi) is 4.61. The molecule has 1 aromatic carbocycles. The third-order valence-corrected chi connectivity index (χ3v) is 4.21. The maximum atomic E-state index is 14.4. The largest absolute Gasteiger partial charge is 0.480 e. The SMILES string of the molecule is CCNC(=O)Nc1nc2cc(-c3cnn(CC(=O)O)c3)c(F)cc2s1. The van der Waals surface area contributed by atoms with E-state index in [0.717, 1.165) is 11.3 Å². The molecule has 8 nitrogen and oxygen atoms in total. The smallest absolute Gasteiger partial charge is 0.325 e. The summed E-state index contributed by atoms with van der Waals surface area (Å²) >= 11 is 1.16. The molecule has 3 aromatic rings. The number of carbonyl (C=O) groups is 2. The van der Waals surface area contributed by atoms with Crippen molar-refractivity contribution in [2.45, 2.75) is 13.5 Å². The van der Waals surface area contributed by atoms with Crippen molar-refractivity contribution in [2.75, 3.05) is 11.9 Å². The zero-order chi connectivity index (χ0) is 18.0. The standard InChI is InChI=1S/C15H14FN5O3S/c1-2-17-14(24)20-15-19-11-3-9(10(16)4-12(11)25-15)8-5-18-21(6-8)7-13(22)23/h3-6H,2,7H2,1H3,(H,22,23)(H2,17,19,20,24). The molecule has 2 aromatic heterocycles. The van der Waals surface area contributed by atoms with E-state index in [4.69, 9.17) is 5.11 Å². The Hall–Kier alpha value is -3.01. The predicted molar refractivity (Wildman–Crippen MR) is 91.1 cm³/mol. The van der Waals surface area contributed by atoms with Gasteiger partial charge < -0.3 is 10.4 Å². The number of carboxylic acids is 1. The number of urea groups is 1. The van der Waals surface area contributed by atoms with Gasteiger partial charge in [-0.3, -0.25) is 14.8 Å². The summed E-state index contributed by atoms with van der Waals surface area (Å²) in [6.07, 6.45) is 2.85. The normalized spacial score (nSPS) is 10.8. The number of hydrogen-bond acceptors (Lipinski definition) is 5. The summed E-state index contributed by atoms with van der Waals surface area (Å²) in [7, 11) is 0. The molecular weight excluding hydrogens is 349 g/mol. The van der Waals surface area contributed by atoms with Crippen molar-refractivity contribution >= 4 is 38.7 Å². The third kappa shape index (κ3) is 3.74. The van der Waals surface area contributed by atoms with Crippen LogP contribution in [0.25, 0.3) is 21.3 Å². The molecule has 3 N–H and O–H groups in total.